The molecule has 2 heteroatoms. The maximum Gasteiger partial charge on any atom is 0.0990 e. The van der Waals surface area contributed by atoms with E-state index in [4.69, 9.17) is 0 Å². The zero-order valence-corrected chi connectivity index (χ0v) is 9.24. The van der Waals surface area contributed by atoms with Crippen molar-refractivity contribution in [2.75, 3.05) is 0 Å². The molecule has 0 bridgehead atoms. The van der Waals surface area contributed by atoms with Crippen LogP contribution in [0.2, 0.25) is 0 Å². The highest BCUT2D eigenvalue weighted by molar-refractivity contribution is 7.12. The number of thiophene rings is 1. The van der Waals surface area contributed by atoms with Crippen molar-refractivity contribution in [2.24, 2.45) is 0 Å². The van der Waals surface area contributed by atoms with Gasteiger partial charge in [0.2, 0.25) is 0 Å². The highest BCUT2D eigenvalue weighted by Crippen LogP contribution is 2.48. The van der Waals surface area contributed by atoms with Crippen LogP contribution in [0.4, 0.5) is 0 Å². The summed E-state index contributed by atoms with van der Waals surface area (Å²) in [5.41, 5.74) is -0.234. The lowest BCUT2D eigenvalue weighted by Gasteiger charge is -2.15. The Morgan fingerprint density at radius 2 is 1.92 bits per heavy atom. The first-order valence-corrected chi connectivity index (χ1v) is 5.57. The minimum Gasteiger partial charge on any atom is -0.384 e. The number of hydrogen-bond acceptors (Lipinski definition) is 2. The van der Waals surface area contributed by atoms with E-state index in [1.807, 2.05) is 0 Å². The molecule has 13 heavy (non-hydrogen) atoms. The summed E-state index contributed by atoms with van der Waals surface area (Å²) in [5, 5.41) is 9.89. The lowest BCUT2D eigenvalue weighted by atomic mass is 9.95. The molecule has 1 nitrogen and oxygen atoms in total. The molecule has 72 valence electrons. The molecule has 0 amide bonds. The quantitative estimate of drug-likeness (QED) is 0.732. The third-order valence-corrected chi connectivity index (χ3v) is 4.23. The molecule has 1 aromatic rings. The summed E-state index contributed by atoms with van der Waals surface area (Å²) in [6.07, 6.45) is 1.88. The van der Waals surface area contributed by atoms with Gasteiger partial charge in [0, 0.05) is 9.75 Å². The highest BCUT2D eigenvalue weighted by atomic mass is 32.1. The summed E-state index contributed by atoms with van der Waals surface area (Å²) < 4.78 is 0. The summed E-state index contributed by atoms with van der Waals surface area (Å²) in [4.78, 5) is 2.51. The van der Waals surface area contributed by atoms with Crippen LogP contribution in [-0.4, -0.2) is 5.11 Å². The van der Waals surface area contributed by atoms with E-state index in [9.17, 15) is 5.11 Å². The van der Waals surface area contributed by atoms with Gasteiger partial charge in [-0.2, -0.15) is 0 Å². The monoisotopic (exact) mass is 196 g/mol. The predicted molar refractivity (Wildman–Crippen MR) is 56.1 cm³/mol. The molecule has 1 fully saturated rings. The van der Waals surface area contributed by atoms with E-state index in [1.165, 1.54) is 4.88 Å². The lowest BCUT2D eigenvalue weighted by molar-refractivity contribution is 0.155. The van der Waals surface area contributed by atoms with E-state index in [0.29, 0.717) is 0 Å². The molecule has 1 aliphatic rings. The van der Waals surface area contributed by atoms with Crippen molar-refractivity contribution in [1.82, 2.24) is 0 Å². The van der Waals surface area contributed by atoms with Crippen molar-refractivity contribution in [1.29, 1.82) is 0 Å². The van der Waals surface area contributed by atoms with Gasteiger partial charge in [-0.15, -0.1) is 11.3 Å². The molecule has 1 aliphatic carbocycles. The summed E-state index contributed by atoms with van der Waals surface area (Å²) in [7, 11) is 0. The normalized spacial score (nSPS) is 20.3. The van der Waals surface area contributed by atoms with E-state index in [-0.39, 0.29) is 5.41 Å². The zero-order chi connectivity index (χ0) is 9.69. The van der Waals surface area contributed by atoms with E-state index >= 15 is 0 Å². The first-order chi connectivity index (χ1) is 5.92. The van der Waals surface area contributed by atoms with Crippen LogP contribution >= 0.6 is 11.3 Å². The fourth-order valence-corrected chi connectivity index (χ4v) is 2.57. The van der Waals surface area contributed by atoms with Crippen LogP contribution in [0.5, 0.6) is 0 Å². The van der Waals surface area contributed by atoms with Crippen LogP contribution in [0, 0.1) is 0 Å². The summed E-state index contributed by atoms with van der Waals surface area (Å²) >= 11 is 1.76. The van der Waals surface area contributed by atoms with Crippen LogP contribution in [-0.2, 0) is 11.0 Å². The predicted octanol–water partition coefficient (Wildman–Crippen LogP) is 3.03. The molecular formula is C11H16OS. The smallest absolute Gasteiger partial charge is 0.0990 e. The largest absolute Gasteiger partial charge is 0.384 e. The molecule has 1 saturated carbocycles. The van der Waals surface area contributed by atoms with Crippen LogP contribution in [0.15, 0.2) is 12.1 Å². The van der Waals surface area contributed by atoms with Crippen molar-refractivity contribution in [3.8, 4) is 0 Å². The van der Waals surface area contributed by atoms with Gasteiger partial charge in [-0.05, 0) is 30.4 Å². The average molecular weight is 196 g/mol. The Morgan fingerprint density at radius 3 is 2.31 bits per heavy atom. The summed E-state index contributed by atoms with van der Waals surface area (Å²) in [6, 6.07) is 4.23. The third-order valence-electron chi connectivity index (χ3n) is 2.53. The molecule has 1 heterocycles. The molecule has 2 rings (SSSR count). The van der Waals surface area contributed by atoms with Gasteiger partial charge < -0.3 is 5.11 Å². The fourth-order valence-electron chi connectivity index (χ4n) is 1.36. The van der Waals surface area contributed by atoms with E-state index in [2.05, 4.69) is 32.9 Å². The Kier molecular flexibility index (Phi) is 1.83. The Bertz CT molecular complexity index is 295. The molecule has 0 atom stereocenters. The minimum absolute atomic E-state index is 0.216. The standard InChI is InChI=1S/C11H16OS/c1-10(2,3)8-4-5-9(13-8)11(12)6-7-11/h4-5,12H,6-7H2,1-3H3. The van der Waals surface area contributed by atoms with E-state index in [0.717, 1.165) is 17.7 Å². The zero-order valence-electron chi connectivity index (χ0n) is 8.42. The number of aliphatic hydroxyl groups is 1. The third kappa shape index (κ3) is 1.65. The Hall–Kier alpha value is -0.340. The molecule has 0 spiro atoms. The second-order valence-corrected chi connectivity index (χ2v) is 6.03. The maximum atomic E-state index is 9.89. The average Bonchev–Trinajstić information content (AvgIpc) is 2.60. The second-order valence-electron chi connectivity index (χ2n) is 4.95. The molecular weight excluding hydrogens is 180 g/mol. The first kappa shape index (κ1) is 9.22. The van der Waals surface area contributed by atoms with Crippen molar-refractivity contribution < 1.29 is 5.11 Å². The number of rotatable bonds is 1. The van der Waals surface area contributed by atoms with Crippen molar-refractivity contribution in [3.63, 3.8) is 0 Å². The van der Waals surface area contributed by atoms with Gasteiger partial charge in [0.15, 0.2) is 0 Å². The van der Waals surface area contributed by atoms with Crippen LogP contribution in [0.25, 0.3) is 0 Å². The molecule has 0 radical (unpaired) electrons. The summed E-state index contributed by atoms with van der Waals surface area (Å²) in [6.45, 7) is 6.62. The van der Waals surface area contributed by atoms with E-state index < -0.39 is 5.60 Å². The van der Waals surface area contributed by atoms with Gasteiger partial charge in [-0.1, -0.05) is 20.8 Å². The first-order valence-electron chi connectivity index (χ1n) is 4.75. The van der Waals surface area contributed by atoms with Crippen LogP contribution < -0.4 is 0 Å². The van der Waals surface area contributed by atoms with Gasteiger partial charge in [-0.25, -0.2) is 0 Å². The van der Waals surface area contributed by atoms with Gasteiger partial charge >= 0.3 is 0 Å². The van der Waals surface area contributed by atoms with Gasteiger partial charge in [-0.3, -0.25) is 0 Å². The van der Waals surface area contributed by atoms with Gasteiger partial charge in [0.1, 0.15) is 0 Å². The molecule has 1 N–H and O–H groups in total. The van der Waals surface area contributed by atoms with Crippen LogP contribution in [0.3, 0.4) is 0 Å². The Labute approximate surface area is 83.4 Å². The molecule has 1 aromatic heterocycles. The van der Waals surface area contributed by atoms with Crippen molar-refractivity contribution >= 4 is 11.3 Å². The Morgan fingerprint density at radius 1 is 1.31 bits per heavy atom. The molecule has 0 aliphatic heterocycles. The maximum absolute atomic E-state index is 9.89. The fraction of sp³-hybridized carbons (Fsp3) is 0.636. The SMILES string of the molecule is CC(C)(C)c1ccc(C2(O)CC2)s1. The lowest BCUT2D eigenvalue weighted by Crippen LogP contribution is -2.08. The Balaban J connectivity index is 2.29. The minimum atomic E-state index is -0.450. The molecule has 0 aromatic carbocycles. The van der Waals surface area contributed by atoms with Gasteiger partial charge in [0.05, 0.1) is 5.60 Å². The van der Waals surface area contributed by atoms with Crippen molar-refractivity contribution in [2.45, 2.75) is 44.6 Å². The van der Waals surface area contributed by atoms with Gasteiger partial charge in [0.25, 0.3) is 0 Å². The topological polar surface area (TPSA) is 20.2 Å². The molecule has 0 saturated heterocycles. The second kappa shape index (κ2) is 2.58. The van der Waals surface area contributed by atoms with E-state index in [1.54, 1.807) is 11.3 Å². The van der Waals surface area contributed by atoms with Crippen molar-refractivity contribution in [3.05, 3.63) is 21.9 Å². The number of hydrogen-bond donors (Lipinski definition) is 1. The highest BCUT2D eigenvalue weighted by Gasteiger charge is 2.43. The summed E-state index contributed by atoms with van der Waals surface area (Å²) in [5.74, 6) is 0. The molecule has 0 unspecified atom stereocenters. The van der Waals surface area contributed by atoms with Crippen LogP contribution in [0.1, 0.15) is 43.4 Å².